The summed E-state index contributed by atoms with van der Waals surface area (Å²) in [6.45, 7) is 0.885. The molecule has 2 fully saturated rings. The molecule has 30 heavy (non-hydrogen) atoms. The lowest BCUT2D eigenvalue weighted by molar-refractivity contribution is -0.139. The molecule has 2 bridgehead atoms. The van der Waals surface area contributed by atoms with Gasteiger partial charge in [0.1, 0.15) is 5.60 Å². The first kappa shape index (κ1) is 19.0. The van der Waals surface area contributed by atoms with E-state index < -0.39 is 17.4 Å². The molecule has 4 heterocycles. The molecule has 0 saturated carbocycles. The maximum absolute atomic E-state index is 13.4. The topological polar surface area (TPSA) is 98.8 Å². The Kier molecular flexibility index (Phi) is 4.48. The molecule has 0 aliphatic carbocycles. The SMILES string of the molecule is CN(Cc1ccn[nH]1)C(=O)C1C2C(=O)N(c3ccc(CCO)cc3)C[C@@]23C=C[C@@H]1O3. The van der Waals surface area contributed by atoms with Crippen LogP contribution in [0.15, 0.2) is 48.7 Å². The maximum Gasteiger partial charge on any atom is 0.234 e. The molecule has 0 radical (unpaired) electrons. The van der Waals surface area contributed by atoms with Crippen LogP contribution in [0, 0.1) is 11.8 Å². The van der Waals surface area contributed by atoms with Crippen LogP contribution in [0.3, 0.4) is 0 Å². The van der Waals surface area contributed by atoms with Crippen molar-refractivity contribution < 1.29 is 19.4 Å². The third kappa shape index (κ3) is 2.86. The van der Waals surface area contributed by atoms with Crippen molar-refractivity contribution in [1.82, 2.24) is 15.1 Å². The lowest BCUT2D eigenvalue weighted by Gasteiger charge is -2.27. The molecule has 2 N–H and O–H groups in total. The zero-order chi connectivity index (χ0) is 20.9. The number of nitrogens with zero attached hydrogens (tertiary/aromatic N) is 3. The van der Waals surface area contributed by atoms with Crippen molar-refractivity contribution in [2.45, 2.75) is 24.7 Å². The first-order chi connectivity index (χ1) is 14.5. The number of carbonyl (C=O) groups excluding carboxylic acids is 2. The number of rotatable bonds is 6. The van der Waals surface area contributed by atoms with Gasteiger partial charge in [-0.05, 0) is 30.2 Å². The fourth-order valence-electron chi connectivity index (χ4n) is 4.93. The fraction of sp³-hybridized carbons (Fsp3) is 0.409. The van der Waals surface area contributed by atoms with Crippen LogP contribution in [0.25, 0.3) is 0 Å². The molecule has 2 amide bonds. The van der Waals surface area contributed by atoms with Crippen molar-refractivity contribution in [1.29, 1.82) is 0 Å². The Bertz CT molecular complexity index is 987. The zero-order valence-corrected chi connectivity index (χ0v) is 16.7. The second kappa shape index (κ2) is 7.07. The lowest BCUT2D eigenvalue weighted by atomic mass is 9.76. The molecule has 156 valence electrons. The number of aromatic nitrogens is 2. The Morgan fingerprint density at radius 1 is 1.37 bits per heavy atom. The van der Waals surface area contributed by atoms with Crippen LogP contribution in [0.5, 0.6) is 0 Å². The molecule has 2 aromatic rings. The van der Waals surface area contributed by atoms with Gasteiger partial charge in [0.15, 0.2) is 0 Å². The number of H-pyrrole nitrogens is 1. The van der Waals surface area contributed by atoms with E-state index in [1.54, 1.807) is 23.0 Å². The molecule has 3 aliphatic rings. The normalized spacial score (nSPS) is 28.9. The molecule has 1 spiro atoms. The van der Waals surface area contributed by atoms with Gasteiger partial charge in [-0.3, -0.25) is 14.7 Å². The minimum atomic E-state index is -0.749. The number of aliphatic hydroxyl groups excluding tert-OH is 1. The summed E-state index contributed by atoms with van der Waals surface area (Å²) < 4.78 is 6.21. The van der Waals surface area contributed by atoms with Gasteiger partial charge in [-0.15, -0.1) is 0 Å². The van der Waals surface area contributed by atoms with Crippen LogP contribution in [0.4, 0.5) is 5.69 Å². The maximum atomic E-state index is 13.4. The van der Waals surface area contributed by atoms with Crippen molar-refractivity contribution in [3.8, 4) is 0 Å². The van der Waals surface area contributed by atoms with Gasteiger partial charge in [-0.2, -0.15) is 5.10 Å². The van der Waals surface area contributed by atoms with Crippen LogP contribution in [0.2, 0.25) is 0 Å². The summed E-state index contributed by atoms with van der Waals surface area (Å²) in [5.41, 5.74) is 1.88. The summed E-state index contributed by atoms with van der Waals surface area (Å²) in [5, 5.41) is 15.9. The number of aromatic amines is 1. The molecular weight excluding hydrogens is 384 g/mol. The number of hydrogen-bond acceptors (Lipinski definition) is 5. The largest absolute Gasteiger partial charge is 0.396 e. The highest BCUT2D eigenvalue weighted by atomic mass is 16.5. The minimum absolute atomic E-state index is 0.0787. The van der Waals surface area contributed by atoms with Crippen molar-refractivity contribution in [2.75, 3.05) is 25.1 Å². The van der Waals surface area contributed by atoms with Gasteiger partial charge in [0.2, 0.25) is 11.8 Å². The number of benzene rings is 1. The van der Waals surface area contributed by atoms with E-state index in [9.17, 15) is 9.59 Å². The number of nitrogens with one attached hydrogen (secondary N) is 1. The van der Waals surface area contributed by atoms with E-state index in [1.165, 1.54) is 0 Å². The van der Waals surface area contributed by atoms with Crippen LogP contribution in [-0.4, -0.2) is 63.9 Å². The van der Waals surface area contributed by atoms with Crippen LogP contribution in [-0.2, 0) is 27.3 Å². The van der Waals surface area contributed by atoms with Gasteiger partial charge in [0.25, 0.3) is 0 Å². The van der Waals surface area contributed by atoms with Crippen molar-refractivity contribution in [3.05, 3.63) is 59.9 Å². The van der Waals surface area contributed by atoms with Gasteiger partial charge in [0.05, 0.1) is 36.7 Å². The summed E-state index contributed by atoms with van der Waals surface area (Å²) in [5.74, 6) is -1.24. The molecule has 8 nitrogen and oxygen atoms in total. The van der Waals surface area contributed by atoms with E-state index >= 15 is 0 Å². The first-order valence-electron chi connectivity index (χ1n) is 10.1. The highest BCUT2D eigenvalue weighted by molar-refractivity contribution is 6.03. The Morgan fingerprint density at radius 3 is 2.87 bits per heavy atom. The van der Waals surface area contributed by atoms with Crippen molar-refractivity contribution in [2.24, 2.45) is 11.8 Å². The van der Waals surface area contributed by atoms with Crippen LogP contribution < -0.4 is 4.90 Å². The average Bonchev–Trinajstić information content (AvgIpc) is 3.51. The molecular formula is C22H24N4O4. The highest BCUT2D eigenvalue weighted by Gasteiger charge is 2.67. The number of anilines is 1. The summed E-state index contributed by atoms with van der Waals surface area (Å²) >= 11 is 0. The third-order valence-corrected chi connectivity index (χ3v) is 6.38. The summed E-state index contributed by atoms with van der Waals surface area (Å²) in [6, 6.07) is 9.43. The third-order valence-electron chi connectivity index (χ3n) is 6.38. The van der Waals surface area contributed by atoms with E-state index in [-0.39, 0.29) is 24.5 Å². The number of ether oxygens (including phenoxy) is 1. The molecule has 2 unspecified atom stereocenters. The average molecular weight is 408 g/mol. The molecule has 4 atom stereocenters. The highest BCUT2D eigenvalue weighted by Crippen LogP contribution is 2.53. The fourth-order valence-corrected chi connectivity index (χ4v) is 4.93. The Morgan fingerprint density at radius 2 is 2.17 bits per heavy atom. The molecule has 3 aliphatic heterocycles. The van der Waals surface area contributed by atoms with Gasteiger partial charge in [0, 0.05) is 25.5 Å². The predicted octanol–water partition coefficient (Wildman–Crippen LogP) is 0.889. The van der Waals surface area contributed by atoms with Gasteiger partial charge >= 0.3 is 0 Å². The van der Waals surface area contributed by atoms with E-state index in [4.69, 9.17) is 9.84 Å². The molecule has 5 rings (SSSR count). The summed E-state index contributed by atoms with van der Waals surface area (Å²) in [7, 11) is 1.74. The number of aliphatic hydroxyl groups is 1. The second-order valence-electron chi connectivity index (χ2n) is 8.24. The Labute approximate surface area is 174 Å². The Balaban J connectivity index is 1.39. The standard InChI is InChI=1S/C22H24N4O4/c1-25(12-15-7-10-23-24-15)20(28)18-17-6-9-22(30-17)13-26(21(29)19(18)22)16-4-2-14(3-5-16)8-11-27/h2-7,9-10,17-19,27H,8,11-13H2,1H3,(H,23,24)/t17-,18?,19?,22-/m0/s1. The van der Waals surface area contributed by atoms with Crippen molar-refractivity contribution >= 4 is 17.5 Å². The number of fused-ring (bicyclic) bond motifs is 1. The van der Waals surface area contributed by atoms with Gasteiger partial charge < -0.3 is 19.6 Å². The first-order valence-corrected chi connectivity index (χ1v) is 10.1. The molecule has 1 aromatic heterocycles. The zero-order valence-electron chi connectivity index (χ0n) is 16.7. The summed E-state index contributed by atoms with van der Waals surface area (Å²) in [6.07, 6.45) is 5.73. The second-order valence-corrected chi connectivity index (χ2v) is 8.24. The van der Waals surface area contributed by atoms with Crippen molar-refractivity contribution in [3.63, 3.8) is 0 Å². The van der Waals surface area contributed by atoms with E-state index in [0.29, 0.717) is 19.5 Å². The molecule has 2 saturated heterocycles. The number of amides is 2. The smallest absolute Gasteiger partial charge is 0.234 e. The summed E-state index contributed by atoms with van der Waals surface area (Å²) in [4.78, 5) is 30.1. The number of carbonyl (C=O) groups is 2. The Hall–Kier alpha value is -2.97. The van der Waals surface area contributed by atoms with Crippen LogP contribution in [0.1, 0.15) is 11.3 Å². The quantitative estimate of drug-likeness (QED) is 0.692. The van der Waals surface area contributed by atoms with Gasteiger partial charge in [-0.1, -0.05) is 24.3 Å². The number of hydrogen-bond donors (Lipinski definition) is 2. The molecule has 1 aromatic carbocycles. The van der Waals surface area contributed by atoms with E-state index in [1.807, 2.05) is 42.5 Å². The van der Waals surface area contributed by atoms with E-state index in [0.717, 1.165) is 16.9 Å². The monoisotopic (exact) mass is 408 g/mol. The van der Waals surface area contributed by atoms with E-state index in [2.05, 4.69) is 10.2 Å². The lowest BCUT2D eigenvalue weighted by Crippen LogP contribution is -2.44. The minimum Gasteiger partial charge on any atom is -0.396 e. The predicted molar refractivity (Wildman–Crippen MR) is 108 cm³/mol. The van der Waals surface area contributed by atoms with Gasteiger partial charge in [-0.25, -0.2) is 0 Å². The van der Waals surface area contributed by atoms with Crippen LogP contribution >= 0.6 is 0 Å². The molecule has 8 heteroatoms.